The number of aromatic nitrogens is 4. The molecule has 0 saturated heterocycles. The molecular weight excluding hydrogens is 362 g/mol. The average molecular weight is 387 g/mol. The highest BCUT2D eigenvalue weighted by Gasteiger charge is 2.22. The Balaban J connectivity index is 1.74. The van der Waals surface area contributed by atoms with Gasteiger partial charge in [-0.15, -0.1) is 0 Å². The number of nitrogens with zero attached hydrogens (tertiary/aromatic N) is 6. The molecule has 0 radical (unpaired) electrons. The van der Waals surface area contributed by atoms with Crippen molar-refractivity contribution in [3.8, 4) is 11.3 Å². The fraction of sp³-hybridized carbons (Fsp3) is 0.273. The molecule has 1 aliphatic rings. The van der Waals surface area contributed by atoms with Crippen LogP contribution in [0, 0.1) is 6.92 Å². The summed E-state index contributed by atoms with van der Waals surface area (Å²) < 4.78 is 0. The summed E-state index contributed by atoms with van der Waals surface area (Å²) in [7, 11) is 2.11. The second-order valence-electron chi connectivity index (χ2n) is 7.24. The standard InChI is InChI=1S/C22H25N7/c1-16-12-18(14-24-13-16)19-6-7-20-22(27-19)29(11-5-4-10-28(20)3)17(2)26-21-8-9-23-15-25-21/h6-9,12-15H,2,4-5,10-11H2,1,3H3,(H,23,25,26). The topological polar surface area (TPSA) is 70.1 Å². The van der Waals surface area contributed by atoms with Gasteiger partial charge in [-0.1, -0.05) is 6.58 Å². The Kier molecular flexibility index (Phi) is 5.37. The van der Waals surface area contributed by atoms with Gasteiger partial charge in [0.1, 0.15) is 18.0 Å². The number of hydrogen-bond acceptors (Lipinski definition) is 7. The van der Waals surface area contributed by atoms with Crippen LogP contribution in [0.4, 0.5) is 17.3 Å². The predicted molar refractivity (Wildman–Crippen MR) is 117 cm³/mol. The molecule has 1 aliphatic heterocycles. The number of rotatable bonds is 4. The van der Waals surface area contributed by atoms with Crippen LogP contribution in [-0.2, 0) is 0 Å². The van der Waals surface area contributed by atoms with E-state index < -0.39 is 0 Å². The summed E-state index contributed by atoms with van der Waals surface area (Å²) in [6.07, 6.45) is 9.09. The van der Waals surface area contributed by atoms with Crippen LogP contribution in [0.15, 0.2) is 61.6 Å². The third kappa shape index (κ3) is 4.18. The van der Waals surface area contributed by atoms with E-state index in [-0.39, 0.29) is 0 Å². The highest BCUT2D eigenvalue weighted by atomic mass is 15.3. The normalized spacial score (nSPS) is 14.0. The van der Waals surface area contributed by atoms with Gasteiger partial charge >= 0.3 is 0 Å². The zero-order chi connectivity index (χ0) is 20.2. The summed E-state index contributed by atoms with van der Waals surface area (Å²) in [5.41, 5.74) is 4.10. The van der Waals surface area contributed by atoms with Crippen LogP contribution in [0.25, 0.3) is 11.3 Å². The number of fused-ring (bicyclic) bond motifs is 1. The van der Waals surface area contributed by atoms with Crippen molar-refractivity contribution in [2.45, 2.75) is 19.8 Å². The van der Waals surface area contributed by atoms with Crippen LogP contribution < -0.4 is 15.1 Å². The summed E-state index contributed by atoms with van der Waals surface area (Å²) in [4.78, 5) is 22.0. The molecule has 0 aromatic carbocycles. The Morgan fingerprint density at radius 2 is 1.97 bits per heavy atom. The molecule has 4 rings (SSSR count). The molecule has 4 heterocycles. The highest BCUT2D eigenvalue weighted by molar-refractivity contribution is 5.74. The maximum Gasteiger partial charge on any atom is 0.158 e. The van der Waals surface area contributed by atoms with E-state index in [9.17, 15) is 0 Å². The summed E-state index contributed by atoms with van der Waals surface area (Å²) in [5.74, 6) is 2.34. The molecule has 0 fully saturated rings. The lowest BCUT2D eigenvalue weighted by Gasteiger charge is -2.33. The Morgan fingerprint density at radius 3 is 2.76 bits per heavy atom. The quantitative estimate of drug-likeness (QED) is 0.729. The first kappa shape index (κ1) is 18.9. The minimum absolute atomic E-state index is 0.709. The van der Waals surface area contributed by atoms with Crippen molar-refractivity contribution in [1.29, 1.82) is 0 Å². The van der Waals surface area contributed by atoms with Crippen molar-refractivity contribution >= 4 is 17.3 Å². The third-order valence-electron chi connectivity index (χ3n) is 5.00. The number of hydrogen-bond donors (Lipinski definition) is 1. The van der Waals surface area contributed by atoms with Gasteiger partial charge in [-0.25, -0.2) is 15.0 Å². The van der Waals surface area contributed by atoms with Crippen molar-refractivity contribution in [3.05, 3.63) is 67.1 Å². The average Bonchev–Trinajstić information content (AvgIpc) is 2.72. The molecule has 0 saturated carbocycles. The lowest BCUT2D eigenvalue weighted by atomic mass is 10.1. The summed E-state index contributed by atoms with van der Waals surface area (Å²) in [6, 6.07) is 8.12. The zero-order valence-electron chi connectivity index (χ0n) is 16.8. The van der Waals surface area contributed by atoms with Gasteiger partial charge in [0.05, 0.1) is 11.4 Å². The fourth-order valence-corrected chi connectivity index (χ4v) is 3.48. The number of pyridine rings is 2. The van der Waals surface area contributed by atoms with Crippen molar-refractivity contribution in [2.75, 3.05) is 35.3 Å². The smallest absolute Gasteiger partial charge is 0.158 e. The molecule has 148 valence electrons. The van der Waals surface area contributed by atoms with E-state index in [0.29, 0.717) is 5.82 Å². The van der Waals surface area contributed by atoms with E-state index in [4.69, 9.17) is 4.98 Å². The van der Waals surface area contributed by atoms with Crippen LogP contribution in [-0.4, -0.2) is 40.1 Å². The molecule has 3 aromatic heterocycles. The molecule has 0 atom stereocenters. The minimum Gasteiger partial charge on any atom is -0.372 e. The maximum atomic E-state index is 5.03. The van der Waals surface area contributed by atoms with Crippen molar-refractivity contribution in [1.82, 2.24) is 19.9 Å². The van der Waals surface area contributed by atoms with Gasteiger partial charge in [0.2, 0.25) is 0 Å². The Labute approximate surface area is 171 Å². The summed E-state index contributed by atoms with van der Waals surface area (Å²) in [6.45, 7) is 8.14. The van der Waals surface area contributed by atoms with E-state index in [2.05, 4.69) is 61.9 Å². The monoisotopic (exact) mass is 387 g/mol. The number of aryl methyl sites for hydroxylation is 1. The van der Waals surface area contributed by atoms with Gasteiger partial charge in [0.15, 0.2) is 5.82 Å². The summed E-state index contributed by atoms with van der Waals surface area (Å²) in [5, 5.41) is 3.29. The van der Waals surface area contributed by atoms with Crippen molar-refractivity contribution in [2.24, 2.45) is 0 Å². The van der Waals surface area contributed by atoms with Crippen LogP contribution in [0.1, 0.15) is 18.4 Å². The Morgan fingerprint density at radius 1 is 1.10 bits per heavy atom. The van der Waals surface area contributed by atoms with Gasteiger partial charge in [-0.3, -0.25) is 4.98 Å². The molecule has 0 aliphatic carbocycles. The van der Waals surface area contributed by atoms with Crippen molar-refractivity contribution in [3.63, 3.8) is 0 Å². The molecular formula is C22H25N7. The van der Waals surface area contributed by atoms with Crippen molar-refractivity contribution < 1.29 is 0 Å². The first-order valence-corrected chi connectivity index (χ1v) is 9.75. The van der Waals surface area contributed by atoms with Gasteiger partial charge in [-0.2, -0.15) is 0 Å². The molecule has 7 nitrogen and oxygen atoms in total. The molecule has 3 aromatic rings. The second kappa shape index (κ2) is 8.26. The molecule has 1 N–H and O–H groups in total. The highest BCUT2D eigenvalue weighted by Crippen LogP contribution is 2.34. The van der Waals surface area contributed by atoms with E-state index in [1.165, 1.54) is 6.33 Å². The zero-order valence-corrected chi connectivity index (χ0v) is 16.8. The fourth-order valence-electron chi connectivity index (χ4n) is 3.48. The largest absolute Gasteiger partial charge is 0.372 e. The predicted octanol–water partition coefficient (Wildman–Crippen LogP) is 3.86. The molecule has 0 amide bonds. The molecule has 29 heavy (non-hydrogen) atoms. The van der Waals surface area contributed by atoms with Crippen LogP contribution in [0.2, 0.25) is 0 Å². The molecule has 0 spiro atoms. The lowest BCUT2D eigenvalue weighted by Crippen LogP contribution is -2.33. The minimum atomic E-state index is 0.709. The first-order valence-electron chi connectivity index (χ1n) is 9.75. The van der Waals surface area contributed by atoms with Crippen LogP contribution in [0.3, 0.4) is 0 Å². The Hall–Kier alpha value is -3.48. The van der Waals surface area contributed by atoms with E-state index in [1.807, 2.05) is 25.4 Å². The van der Waals surface area contributed by atoms with Crippen LogP contribution in [0.5, 0.6) is 0 Å². The van der Waals surface area contributed by atoms with Gasteiger partial charge in [0, 0.05) is 44.3 Å². The molecule has 7 heteroatoms. The lowest BCUT2D eigenvalue weighted by molar-refractivity contribution is 0.687. The van der Waals surface area contributed by atoms with Crippen LogP contribution >= 0.6 is 0 Å². The SMILES string of the molecule is C=C(Nc1ccncn1)N1CCCCN(C)c2ccc(-c3cncc(C)c3)nc21. The van der Waals surface area contributed by atoms with E-state index >= 15 is 0 Å². The molecule has 0 unspecified atom stereocenters. The number of anilines is 3. The van der Waals surface area contributed by atoms with Gasteiger partial charge in [0.25, 0.3) is 0 Å². The Bertz CT molecular complexity index is 1000. The maximum absolute atomic E-state index is 5.03. The summed E-state index contributed by atoms with van der Waals surface area (Å²) >= 11 is 0. The van der Waals surface area contributed by atoms with E-state index in [0.717, 1.165) is 60.1 Å². The second-order valence-corrected chi connectivity index (χ2v) is 7.24. The number of nitrogens with one attached hydrogen (secondary N) is 1. The van der Waals surface area contributed by atoms with E-state index in [1.54, 1.807) is 6.20 Å². The molecule has 0 bridgehead atoms. The first-order chi connectivity index (χ1) is 14.1. The van der Waals surface area contributed by atoms with Gasteiger partial charge in [-0.05, 0) is 49.6 Å². The van der Waals surface area contributed by atoms with Gasteiger partial charge < -0.3 is 15.1 Å². The third-order valence-corrected chi connectivity index (χ3v) is 5.00.